The molecule has 1 aliphatic carbocycles. The molecule has 4 rings (SSSR count). The zero-order chi connectivity index (χ0) is 19.3. The fourth-order valence-electron chi connectivity index (χ4n) is 4.07. The van der Waals surface area contributed by atoms with E-state index < -0.39 is 0 Å². The lowest BCUT2D eigenvalue weighted by Gasteiger charge is -2.25. The molecule has 1 aliphatic heterocycles. The number of amides is 2. The van der Waals surface area contributed by atoms with E-state index in [1.165, 1.54) is 19.3 Å². The third-order valence-corrected chi connectivity index (χ3v) is 5.61. The number of carbonyl (C=O) groups excluding carboxylic acids is 2. The summed E-state index contributed by atoms with van der Waals surface area (Å²) in [6.45, 7) is 0.910. The summed E-state index contributed by atoms with van der Waals surface area (Å²) >= 11 is 0. The molecule has 2 aliphatic rings. The summed E-state index contributed by atoms with van der Waals surface area (Å²) in [4.78, 5) is 30.5. The summed E-state index contributed by atoms with van der Waals surface area (Å²) in [6, 6.07) is 4.11. The average molecular weight is 382 g/mol. The molecule has 1 N–H and O–H groups in total. The molecule has 1 saturated heterocycles. The maximum Gasteiger partial charge on any atom is 0.276 e. The molecule has 0 bridgehead atoms. The highest BCUT2D eigenvalue weighted by molar-refractivity contribution is 5.92. The van der Waals surface area contributed by atoms with Gasteiger partial charge >= 0.3 is 0 Å². The second kappa shape index (κ2) is 8.50. The maximum atomic E-state index is 13.2. The van der Waals surface area contributed by atoms with Crippen LogP contribution in [-0.4, -0.2) is 49.3 Å². The first kappa shape index (κ1) is 18.6. The van der Waals surface area contributed by atoms with Crippen molar-refractivity contribution in [3.8, 4) is 0 Å². The zero-order valence-electron chi connectivity index (χ0n) is 16.0. The monoisotopic (exact) mass is 382 g/mol. The number of nitrogens with one attached hydrogen (secondary N) is 1. The number of nitrogens with zero attached hydrogens (tertiary/aromatic N) is 5. The first-order valence-corrected chi connectivity index (χ1v) is 10.1. The normalized spacial score (nSPS) is 20.1. The van der Waals surface area contributed by atoms with Gasteiger partial charge in [-0.25, -0.2) is 4.68 Å². The van der Waals surface area contributed by atoms with Crippen molar-refractivity contribution in [2.45, 2.75) is 63.6 Å². The quantitative estimate of drug-likeness (QED) is 0.826. The molecule has 0 aromatic carbocycles. The van der Waals surface area contributed by atoms with Gasteiger partial charge in [-0.05, 0) is 37.0 Å². The van der Waals surface area contributed by atoms with Crippen molar-refractivity contribution in [3.05, 3.63) is 42.0 Å². The Labute approximate surface area is 164 Å². The van der Waals surface area contributed by atoms with Crippen LogP contribution in [0.3, 0.4) is 0 Å². The van der Waals surface area contributed by atoms with E-state index in [2.05, 4.69) is 20.6 Å². The number of carbonyl (C=O) groups is 2. The number of rotatable bonds is 6. The summed E-state index contributed by atoms with van der Waals surface area (Å²) in [5, 5.41) is 11.3. The van der Waals surface area contributed by atoms with Crippen molar-refractivity contribution in [1.82, 2.24) is 30.2 Å². The third-order valence-electron chi connectivity index (χ3n) is 5.61. The minimum absolute atomic E-state index is 0.0216. The van der Waals surface area contributed by atoms with Crippen LogP contribution in [0.4, 0.5) is 0 Å². The van der Waals surface area contributed by atoms with Gasteiger partial charge in [0.2, 0.25) is 5.91 Å². The van der Waals surface area contributed by atoms with Crippen LogP contribution in [0.25, 0.3) is 0 Å². The Hall–Kier alpha value is -2.77. The summed E-state index contributed by atoms with van der Waals surface area (Å²) in [6.07, 6.45) is 12.3. The molecule has 2 amide bonds. The summed E-state index contributed by atoms with van der Waals surface area (Å²) in [5.74, 6) is -0.107. The number of hydrogen-bond donors (Lipinski definition) is 1. The summed E-state index contributed by atoms with van der Waals surface area (Å²) < 4.78 is 1.86. The Morgan fingerprint density at radius 1 is 1.18 bits per heavy atom. The van der Waals surface area contributed by atoms with Crippen LogP contribution in [-0.2, 0) is 11.3 Å². The number of hydrogen-bond acceptors (Lipinski definition) is 5. The van der Waals surface area contributed by atoms with Crippen LogP contribution in [0, 0.1) is 0 Å². The van der Waals surface area contributed by atoms with Crippen molar-refractivity contribution in [2.24, 2.45) is 0 Å². The molecule has 1 atom stereocenters. The Bertz CT molecular complexity index is 815. The van der Waals surface area contributed by atoms with Crippen LogP contribution in [0.2, 0.25) is 0 Å². The van der Waals surface area contributed by atoms with E-state index in [9.17, 15) is 9.59 Å². The van der Waals surface area contributed by atoms with Crippen molar-refractivity contribution in [1.29, 1.82) is 0 Å². The zero-order valence-corrected chi connectivity index (χ0v) is 16.0. The lowest BCUT2D eigenvalue weighted by atomic mass is 9.96. The minimum atomic E-state index is -0.153. The van der Waals surface area contributed by atoms with Crippen LogP contribution < -0.4 is 5.32 Å². The molecule has 0 spiro atoms. The van der Waals surface area contributed by atoms with E-state index in [0.29, 0.717) is 31.2 Å². The molecule has 0 radical (unpaired) electrons. The Kier molecular flexibility index (Phi) is 5.64. The average Bonchev–Trinajstić information content (AvgIpc) is 3.38. The van der Waals surface area contributed by atoms with Gasteiger partial charge in [-0.15, -0.1) is 5.10 Å². The molecule has 0 unspecified atom stereocenters. The van der Waals surface area contributed by atoms with Crippen LogP contribution in [0.1, 0.15) is 67.0 Å². The Morgan fingerprint density at radius 3 is 2.68 bits per heavy atom. The van der Waals surface area contributed by atoms with E-state index in [0.717, 1.165) is 24.8 Å². The largest absolute Gasteiger partial charge is 0.352 e. The lowest BCUT2D eigenvalue weighted by Crippen LogP contribution is -2.41. The van der Waals surface area contributed by atoms with E-state index in [-0.39, 0.29) is 17.9 Å². The molecular weight excluding hydrogens is 356 g/mol. The molecule has 148 valence electrons. The molecule has 28 heavy (non-hydrogen) atoms. The van der Waals surface area contributed by atoms with Gasteiger partial charge < -0.3 is 10.2 Å². The maximum absolute atomic E-state index is 13.2. The lowest BCUT2D eigenvalue weighted by molar-refractivity contribution is -0.119. The van der Waals surface area contributed by atoms with Gasteiger partial charge in [0.1, 0.15) is 0 Å². The fourth-order valence-corrected chi connectivity index (χ4v) is 4.07. The predicted molar refractivity (Wildman–Crippen MR) is 102 cm³/mol. The van der Waals surface area contributed by atoms with Crippen molar-refractivity contribution >= 4 is 11.8 Å². The standard InChI is InChI=1S/C20H26N6O2/c27-19-7-6-16(22-19)13-25(12-15-8-10-21-11-9-15)20(28)18-14-26(24-23-18)17-4-2-1-3-5-17/h8-11,14,16-17H,1-7,12-13H2,(H,22,27)/t16-/m0/s1. The van der Waals surface area contributed by atoms with Gasteiger partial charge in [0, 0.05) is 37.9 Å². The minimum Gasteiger partial charge on any atom is -0.352 e. The van der Waals surface area contributed by atoms with E-state index in [1.807, 2.05) is 16.8 Å². The molecule has 1 saturated carbocycles. The van der Waals surface area contributed by atoms with Gasteiger partial charge in [-0.3, -0.25) is 14.6 Å². The SMILES string of the molecule is O=C1CC[C@@H](CN(Cc2ccncc2)C(=O)c2cn(C3CCCCC3)nn2)N1. The second-order valence-corrected chi connectivity index (χ2v) is 7.72. The first-order chi connectivity index (χ1) is 13.7. The highest BCUT2D eigenvalue weighted by Gasteiger charge is 2.28. The molecular formula is C20H26N6O2. The topological polar surface area (TPSA) is 93.0 Å². The Balaban J connectivity index is 1.50. The van der Waals surface area contributed by atoms with Gasteiger partial charge in [-0.2, -0.15) is 0 Å². The first-order valence-electron chi connectivity index (χ1n) is 10.1. The van der Waals surface area contributed by atoms with Crippen LogP contribution >= 0.6 is 0 Å². The highest BCUT2D eigenvalue weighted by atomic mass is 16.2. The Morgan fingerprint density at radius 2 is 1.96 bits per heavy atom. The van der Waals surface area contributed by atoms with E-state index >= 15 is 0 Å². The molecule has 2 aromatic heterocycles. The molecule has 3 heterocycles. The summed E-state index contributed by atoms with van der Waals surface area (Å²) in [5.41, 5.74) is 1.36. The number of aromatic nitrogens is 4. The van der Waals surface area contributed by atoms with Gasteiger partial charge in [-0.1, -0.05) is 24.5 Å². The molecule has 2 fully saturated rings. The highest BCUT2D eigenvalue weighted by Crippen LogP contribution is 2.27. The molecule has 2 aromatic rings. The third kappa shape index (κ3) is 4.37. The van der Waals surface area contributed by atoms with Crippen LogP contribution in [0.15, 0.2) is 30.7 Å². The smallest absolute Gasteiger partial charge is 0.276 e. The van der Waals surface area contributed by atoms with E-state index in [4.69, 9.17) is 0 Å². The summed E-state index contributed by atoms with van der Waals surface area (Å²) in [7, 11) is 0. The van der Waals surface area contributed by atoms with E-state index in [1.54, 1.807) is 23.5 Å². The van der Waals surface area contributed by atoms with Crippen LogP contribution in [0.5, 0.6) is 0 Å². The fraction of sp³-hybridized carbons (Fsp3) is 0.550. The van der Waals surface area contributed by atoms with Gasteiger partial charge in [0.25, 0.3) is 5.91 Å². The predicted octanol–water partition coefficient (Wildman–Crippen LogP) is 2.10. The van der Waals surface area contributed by atoms with Crippen molar-refractivity contribution < 1.29 is 9.59 Å². The van der Waals surface area contributed by atoms with Gasteiger partial charge in [0.15, 0.2) is 5.69 Å². The number of pyridine rings is 1. The van der Waals surface area contributed by atoms with Crippen molar-refractivity contribution in [2.75, 3.05) is 6.54 Å². The van der Waals surface area contributed by atoms with Crippen molar-refractivity contribution in [3.63, 3.8) is 0 Å². The molecule has 8 nitrogen and oxygen atoms in total. The second-order valence-electron chi connectivity index (χ2n) is 7.72. The van der Waals surface area contributed by atoms with Gasteiger partial charge in [0.05, 0.1) is 12.2 Å². The molecule has 8 heteroatoms.